The Bertz CT molecular complexity index is 1610. The van der Waals surface area contributed by atoms with Crippen molar-refractivity contribution in [3.63, 3.8) is 0 Å². The maximum Gasteiger partial charge on any atom is 0.343 e. The number of hydrogen-bond donors (Lipinski definition) is 2. The van der Waals surface area contributed by atoms with E-state index in [1.165, 1.54) is 0 Å². The molecule has 0 aliphatic rings. The third-order valence-electron chi connectivity index (χ3n) is 9.29. The number of esters is 1. The van der Waals surface area contributed by atoms with Crippen LogP contribution < -0.4 is 4.74 Å². The van der Waals surface area contributed by atoms with Gasteiger partial charge in [-0.1, -0.05) is 95.1 Å². The number of carbonyl (C=O) groups is 1. The summed E-state index contributed by atoms with van der Waals surface area (Å²) in [4.78, 5) is 13.9. The number of rotatable bonds is 11. The van der Waals surface area contributed by atoms with E-state index >= 15 is 0 Å². The highest BCUT2D eigenvalue weighted by atomic mass is 32.1. The molecule has 0 amide bonds. The SMILES string of the molecule is CCCCc1cc(C(=O)Oc2c(C(C)(C)C)cc(C)c(COC(=S)c3cc(C(C)(C)C)c(O)c(C(C)(C)C)c3)c2C)cc(CCCC)c1O. The Hall–Kier alpha value is -3.38. The van der Waals surface area contributed by atoms with Gasteiger partial charge in [0.25, 0.3) is 0 Å². The molecule has 2 N–H and O–H groups in total. The summed E-state index contributed by atoms with van der Waals surface area (Å²) in [6.07, 6.45) is 5.25. The number of hydrogen-bond acceptors (Lipinski definition) is 6. The van der Waals surface area contributed by atoms with E-state index in [9.17, 15) is 15.0 Å². The highest BCUT2D eigenvalue weighted by Gasteiger charge is 2.29. The fourth-order valence-electron chi connectivity index (χ4n) is 6.18. The standard InChI is InChI=1S/C43H60O5S/c1-14-16-18-28-21-30(22-29(36(28)44)19-17-15-2)39(46)48-38-27(4)32(26(3)20-35(38)43(11,12)13)25-47-40(49)31-23-33(41(5,6)7)37(45)34(24-31)42(8,9)10/h20-24,44-45H,14-19,25H2,1-13H3. The monoisotopic (exact) mass is 688 g/mol. The molecule has 0 fully saturated rings. The van der Waals surface area contributed by atoms with Crippen LogP contribution in [0.2, 0.25) is 0 Å². The van der Waals surface area contributed by atoms with Crippen LogP contribution in [0.15, 0.2) is 30.3 Å². The smallest absolute Gasteiger partial charge is 0.343 e. The number of phenols is 2. The molecule has 0 atom stereocenters. The zero-order valence-corrected chi connectivity index (χ0v) is 33.2. The molecule has 49 heavy (non-hydrogen) atoms. The van der Waals surface area contributed by atoms with Gasteiger partial charge >= 0.3 is 5.97 Å². The minimum atomic E-state index is -0.441. The van der Waals surface area contributed by atoms with Gasteiger partial charge in [-0.2, -0.15) is 0 Å². The lowest BCUT2D eigenvalue weighted by molar-refractivity contribution is 0.0729. The molecule has 3 aromatic rings. The van der Waals surface area contributed by atoms with Gasteiger partial charge in [0.1, 0.15) is 23.9 Å². The molecule has 0 aliphatic heterocycles. The average molecular weight is 689 g/mol. The first-order chi connectivity index (χ1) is 22.6. The van der Waals surface area contributed by atoms with Gasteiger partial charge in [-0.3, -0.25) is 0 Å². The topological polar surface area (TPSA) is 76.0 Å². The molecule has 0 saturated carbocycles. The quantitative estimate of drug-likeness (QED) is 0.119. The second-order valence-electron chi connectivity index (χ2n) is 16.7. The van der Waals surface area contributed by atoms with Crippen molar-refractivity contribution in [1.29, 1.82) is 0 Å². The molecule has 0 aromatic heterocycles. The van der Waals surface area contributed by atoms with E-state index < -0.39 is 5.97 Å². The number of aromatic hydroxyl groups is 2. The maximum atomic E-state index is 13.9. The van der Waals surface area contributed by atoms with Crippen molar-refractivity contribution in [1.82, 2.24) is 0 Å². The van der Waals surface area contributed by atoms with E-state index in [-0.39, 0.29) is 22.9 Å². The van der Waals surface area contributed by atoms with Crippen molar-refractivity contribution in [2.75, 3.05) is 0 Å². The van der Waals surface area contributed by atoms with Crippen LogP contribution in [0, 0.1) is 13.8 Å². The highest BCUT2D eigenvalue weighted by Crippen LogP contribution is 2.41. The van der Waals surface area contributed by atoms with Crippen LogP contribution in [0.5, 0.6) is 17.2 Å². The van der Waals surface area contributed by atoms with Crippen LogP contribution in [0.25, 0.3) is 0 Å². The number of thiocarbonyl (C=S) groups is 1. The zero-order chi connectivity index (χ0) is 37.1. The normalized spacial score (nSPS) is 12.3. The van der Waals surface area contributed by atoms with Gasteiger partial charge in [0.2, 0.25) is 0 Å². The van der Waals surface area contributed by atoms with Gasteiger partial charge in [-0.05, 0) is 120 Å². The molecule has 3 aromatic carbocycles. The first kappa shape index (κ1) is 40.1. The summed E-state index contributed by atoms with van der Waals surface area (Å²) in [5.41, 5.74) is 7.22. The Morgan fingerprint density at radius 3 is 1.59 bits per heavy atom. The molecule has 0 spiro atoms. The maximum absolute atomic E-state index is 13.9. The lowest BCUT2D eigenvalue weighted by atomic mass is 9.78. The van der Waals surface area contributed by atoms with E-state index in [1.54, 1.807) is 12.1 Å². The lowest BCUT2D eigenvalue weighted by Gasteiger charge is -2.28. The Kier molecular flexibility index (Phi) is 12.8. The molecule has 0 bridgehead atoms. The van der Waals surface area contributed by atoms with Gasteiger partial charge in [-0.15, -0.1) is 0 Å². The van der Waals surface area contributed by atoms with Crippen molar-refractivity contribution < 1.29 is 24.5 Å². The molecule has 5 nitrogen and oxygen atoms in total. The molecule has 0 aliphatic carbocycles. The zero-order valence-electron chi connectivity index (χ0n) is 32.4. The van der Waals surface area contributed by atoms with Crippen molar-refractivity contribution in [2.45, 2.75) is 151 Å². The van der Waals surface area contributed by atoms with Gasteiger partial charge in [0, 0.05) is 22.3 Å². The van der Waals surface area contributed by atoms with Crippen LogP contribution >= 0.6 is 12.2 Å². The Labute approximate surface area is 301 Å². The second kappa shape index (κ2) is 15.7. The van der Waals surface area contributed by atoms with Crippen LogP contribution in [-0.2, 0) is 40.4 Å². The lowest BCUT2D eigenvalue weighted by Crippen LogP contribution is -2.20. The largest absolute Gasteiger partial charge is 0.507 e. The van der Waals surface area contributed by atoms with E-state index in [4.69, 9.17) is 21.7 Å². The van der Waals surface area contributed by atoms with Crippen LogP contribution in [0.1, 0.15) is 162 Å². The minimum Gasteiger partial charge on any atom is -0.507 e. The summed E-state index contributed by atoms with van der Waals surface area (Å²) in [6, 6.07) is 9.54. The molecule has 3 rings (SSSR count). The number of aryl methyl sites for hydroxylation is 3. The van der Waals surface area contributed by atoms with E-state index in [0.29, 0.717) is 40.7 Å². The molecule has 0 saturated heterocycles. The van der Waals surface area contributed by atoms with E-state index in [0.717, 1.165) is 75.8 Å². The Balaban J connectivity index is 2.05. The molecule has 0 heterocycles. The highest BCUT2D eigenvalue weighted by molar-refractivity contribution is 7.80. The third-order valence-corrected chi connectivity index (χ3v) is 9.64. The fourth-order valence-corrected chi connectivity index (χ4v) is 6.35. The van der Waals surface area contributed by atoms with Gasteiger partial charge in [0.05, 0.1) is 5.56 Å². The van der Waals surface area contributed by atoms with Gasteiger partial charge in [0.15, 0.2) is 5.05 Å². The summed E-state index contributed by atoms with van der Waals surface area (Å²) < 4.78 is 12.6. The average Bonchev–Trinajstić information content (AvgIpc) is 2.99. The molecular formula is C43H60O5S. The Morgan fingerprint density at radius 2 is 1.16 bits per heavy atom. The molecule has 6 heteroatoms. The first-order valence-corrected chi connectivity index (χ1v) is 18.3. The fraction of sp³-hybridized carbons (Fsp3) is 0.535. The Morgan fingerprint density at radius 1 is 0.694 bits per heavy atom. The first-order valence-electron chi connectivity index (χ1n) is 17.9. The predicted molar refractivity (Wildman–Crippen MR) is 207 cm³/mol. The van der Waals surface area contributed by atoms with Crippen molar-refractivity contribution in [2.24, 2.45) is 0 Å². The second-order valence-corrected chi connectivity index (χ2v) is 17.0. The van der Waals surface area contributed by atoms with E-state index in [1.807, 2.05) is 26.0 Å². The summed E-state index contributed by atoms with van der Waals surface area (Å²) in [6.45, 7) is 27.2. The van der Waals surface area contributed by atoms with Crippen molar-refractivity contribution in [3.05, 3.63) is 86.0 Å². The molecule has 0 radical (unpaired) electrons. The molecule has 268 valence electrons. The number of benzene rings is 3. The van der Waals surface area contributed by atoms with Gasteiger partial charge in [-0.25, -0.2) is 4.79 Å². The van der Waals surface area contributed by atoms with E-state index in [2.05, 4.69) is 82.2 Å². The summed E-state index contributed by atoms with van der Waals surface area (Å²) in [7, 11) is 0. The van der Waals surface area contributed by atoms with Crippen molar-refractivity contribution >= 4 is 23.2 Å². The number of carbonyl (C=O) groups excluding carboxylic acids is 1. The summed E-state index contributed by atoms with van der Waals surface area (Å²) in [5, 5.41) is 22.6. The number of phenolic OH excluding ortho intramolecular Hbond substituents is 2. The molecule has 0 unspecified atom stereocenters. The van der Waals surface area contributed by atoms with Crippen LogP contribution in [0.3, 0.4) is 0 Å². The minimum absolute atomic E-state index is 0.198. The van der Waals surface area contributed by atoms with Gasteiger partial charge < -0.3 is 19.7 Å². The molecular weight excluding hydrogens is 629 g/mol. The number of unbranched alkanes of at least 4 members (excludes halogenated alkanes) is 2. The van der Waals surface area contributed by atoms with Crippen LogP contribution in [0.4, 0.5) is 0 Å². The predicted octanol–water partition coefficient (Wildman–Crippen LogP) is 11.4. The summed E-state index contributed by atoms with van der Waals surface area (Å²) >= 11 is 5.85. The number of ether oxygens (including phenoxy) is 2. The van der Waals surface area contributed by atoms with Crippen LogP contribution in [-0.4, -0.2) is 21.2 Å². The van der Waals surface area contributed by atoms with Crippen molar-refractivity contribution in [3.8, 4) is 17.2 Å². The third kappa shape index (κ3) is 9.66. The summed E-state index contributed by atoms with van der Waals surface area (Å²) in [5.74, 6) is 0.684.